The molecule has 0 unspecified atom stereocenters. The molecule has 1 aromatic carbocycles. The fourth-order valence-electron chi connectivity index (χ4n) is 3.99. The van der Waals surface area contributed by atoms with Crippen LogP contribution in [0.25, 0.3) is 10.2 Å². The molecule has 2 rings (SSSR count). The Labute approximate surface area is 235 Å². The first kappa shape index (κ1) is 31.7. The number of likely N-dealkylation sites (N-methyl/N-ethyl adjacent to an activating group) is 1. The molecule has 0 radical (unpaired) electrons. The minimum Gasteiger partial charge on any atom is -0.350 e. The smallest absolute Gasteiger partial charge is 0.247 e. The minimum atomic E-state index is -0.787. The molecular formula is C28H42ClN5O3S. The Morgan fingerprint density at radius 2 is 1.84 bits per heavy atom. The van der Waals surface area contributed by atoms with Gasteiger partial charge in [0.1, 0.15) is 6.04 Å². The van der Waals surface area contributed by atoms with E-state index in [1.165, 1.54) is 11.3 Å². The first-order valence-corrected chi connectivity index (χ1v) is 14.6. The minimum absolute atomic E-state index is 0.104. The van der Waals surface area contributed by atoms with Crippen LogP contribution in [0.4, 0.5) is 0 Å². The molecule has 0 saturated heterocycles. The van der Waals surface area contributed by atoms with Crippen molar-refractivity contribution in [2.75, 3.05) is 26.2 Å². The van der Waals surface area contributed by atoms with Gasteiger partial charge in [0.2, 0.25) is 17.7 Å². The SMILES string of the molecule is C=C(CN(CC)CC)C(=O)NC[C@@H](NC(=O)[C@H](Cc1nc2ccc(Cl)cc2s1)NC(=O)CCC)[C@@H](C)CC. The monoisotopic (exact) mass is 563 g/mol. The third-order valence-corrected chi connectivity index (χ3v) is 7.95. The molecule has 1 aromatic heterocycles. The number of fused-ring (bicyclic) bond motifs is 1. The van der Waals surface area contributed by atoms with Crippen LogP contribution in [0.2, 0.25) is 5.02 Å². The fourth-order valence-corrected chi connectivity index (χ4v) is 5.28. The van der Waals surface area contributed by atoms with E-state index in [2.05, 4.69) is 32.4 Å². The quantitative estimate of drug-likeness (QED) is 0.264. The average molecular weight is 564 g/mol. The van der Waals surface area contributed by atoms with E-state index < -0.39 is 6.04 Å². The Morgan fingerprint density at radius 3 is 2.47 bits per heavy atom. The lowest BCUT2D eigenvalue weighted by molar-refractivity contribution is -0.129. The first-order valence-electron chi connectivity index (χ1n) is 13.4. The molecule has 8 nitrogen and oxygen atoms in total. The van der Waals surface area contributed by atoms with Crippen LogP contribution in [0, 0.1) is 5.92 Å². The number of hydrogen-bond donors (Lipinski definition) is 3. The van der Waals surface area contributed by atoms with Gasteiger partial charge in [0.25, 0.3) is 0 Å². The molecule has 10 heteroatoms. The van der Waals surface area contributed by atoms with E-state index in [1.54, 1.807) is 6.07 Å². The van der Waals surface area contributed by atoms with E-state index in [0.717, 1.165) is 34.7 Å². The van der Waals surface area contributed by atoms with Crippen molar-refractivity contribution in [2.24, 2.45) is 5.92 Å². The zero-order chi connectivity index (χ0) is 28.2. The summed E-state index contributed by atoms with van der Waals surface area (Å²) in [6.45, 7) is 16.5. The van der Waals surface area contributed by atoms with Gasteiger partial charge in [-0.05, 0) is 43.6 Å². The Hall–Kier alpha value is -2.49. The second kappa shape index (κ2) is 15.8. The number of benzene rings is 1. The van der Waals surface area contributed by atoms with E-state index >= 15 is 0 Å². The van der Waals surface area contributed by atoms with Crippen LogP contribution < -0.4 is 16.0 Å². The molecule has 210 valence electrons. The predicted octanol–water partition coefficient (Wildman–Crippen LogP) is 4.32. The third kappa shape index (κ3) is 9.67. The lowest BCUT2D eigenvalue weighted by Gasteiger charge is -2.28. The van der Waals surface area contributed by atoms with Gasteiger partial charge in [-0.25, -0.2) is 4.98 Å². The molecule has 0 aliphatic heterocycles. The highest BCUT2D eigenvalue weighted by atomic mass is 35.5. The summed E-state index contributed by atoms with van der Waals surface area (Å²) < 4.78 is 0.927. The molecule has 0 aliphatic carbocycles. The first-order chi connectivity index (χ1) is 18.1. The van der Waals surface area contributed by atoms with Crippen molar-refractivity contribution in [1.29, 1.82) is 0 Å². The predicted molar refractivity (Wildman–Crippen MR) is 156 cm³/mol. The molecule has 0 saturated carbocycles. The number of thiazole rings is 1. The van der Waals surface area contributed by atoms with Gasteiger partial charge in [-0.3, -0.25) is 19.3 Å². The second-order valence-corrected chi connectivity index (χ2v) is 11.1. The van der Waals surface area contributed by atoms with E-state index in [0.29, 0.717) is 30.0 Å². The zero-order valence-corrected chi connectivity index (χ0v) is 24.8. The van der Waals surface area contributed by atoms with Crippen molar-refractivity contribution in [3.63, 3.8) is 0 Å². The van der Waals surface area contributed by atoms with Crippen LogP contribution in [-0.2, 0) is 20.8 Å². The molecule has 3 atom stereocenters. The Kier molecular flexibility index (Phi) is 13.2. The van der Waals surface area contributed by atoms with Gasteiger partial charge < -0.3 is 16.0 Å². The highest BCUT2D eigenvalue weighted by Crippen LogP contribution is 2.26. The van der Waals surface area contributed by atoms with Crippen LogP contribution in [0.5, 0.6) is 0 Å². The molecular weight excluding hydrogens is 522 g/mol. The van der Waals surface area contributed by atoms with Gasteiger partial charge in [-0.15, -0.1) is 11.3 Å². The summed E-state index contributed by atoms with van der Waals surface area (Å²) >= 11 is 7.57. The zero-order valence-electron chi connectivity index (χ0n) is 23.2. The van der Waals surface area contributed by atoms with Crippen LogP contribution >= 0.6 is 22.9 Å². The average Bonchev–Trinajstić information content (AvgIpc) is 3.29. The second-order valence-electron chi connectivity index (χ2n) is 9.57. The van der Waals surface area contributed by atoms with Crippen LogP contribution in [0.15, 0.2) is 30.4 Å². The van der Waals surface area contributed by atoms with E-state index in [4.69, 9.17) is 11.6 Å². The fraction of sp³-hybridized carbons (Fsp3) is 0.571. The van der Waals surface area contributed by atoms with E-state index in [-0.39, 0.29) is 42.6 Å². The van der Waals surface area contributed by atoms with Gasteiger partial charge in [0, 0.05) is 42.6 Å². The highest BCUT2D eigenvalue weighted by Gasteiger charge is 2.27. The molecule has 0 bridgehead atoms. The van der Waals surface area contributed by atoms with Crippen LogP contribution in [-0.4, -0.2) is 65.9 Å². The summed E-state index contributed by atoms with van der Waals surface area (Å²) in [6.07, 6.45) is 2.09. The van der Waals surface area contributed by atoms with Gasteiger partial charge in [0.05, 0.1) is 15.2 Å². The number of rotatable bonds is 16. The number of nitrogens with one attached hydrogen (secondary N) is 3. The number of amides is 3. The normalized spacial score (nSPS) is 13.7. The van der Waals surface area contributed by atoms with Crippen molar-refractivity contribution in [1.82, 2.24) is 25.8 Å². The largest absolute Gasteiger partial charge is 0.350 e. The highest BCUT2D eigenvalue weighted by molar-refractivity contribution is 7.18. The number of nitrogens with zero attached hydrogens (tertiary/aromatic N) is 2. The molecule has 0 aliphatic rings. The Balaban J connectivity index is 2.14. The summed E-state index contributed by atoms with van der Waals surface area (Å²) in [5.41, 5.74) is 1.29. The summed E-state index contributed by atoms with van der Waals surface area (Å²) in [6, 6.07) is 4.38. The summed E-state index contributed by atoms with van der Waals surface area (Å²) in [7, 11) is 0. The van der Waals surface area contributed by atoms with Gasteiger partial charge in [-0.2, -0.15) is 0 Å². The lowest BCUT2D eigenvalue weighted by atomic mass is 9.98. The van der Waals surface area contributed by atoms with Crippen molar-refractivity contribution in [2.45, 2.75) is 72.4 Å². The van der Waals surface area contributed by atoms with E-state index in [9.17, 15) is 14.4 Å². The number of halogens is 1. The molecule has 3 amide bonds. The van der Waals surface area contributed by atoms with Crippen molar-refractivity contribution < 1.29 is 14.4 Å². The molecule has 1 heterocycles. The third-order valence-electron chi connectivity index (χ3n) is 6.67. The van der Waals surface area contributed by atoms with Crippen molar-refractivity contribution >= 4 is 50.9 Å². The number of carbonyl (C=O) groups is 3. The lowest BCUT2D eigenvalue weighted by Crippen LogP contribution is -2.54. The standard InChI is InChI=1S/C28H42ClN5O3S/c1-7-11-25(35)31-22(15-26-32-21-13-12-20(29)14-24(21)38-26)28(37)33-23(18(5)8-2)16-30-27(36)19(6)17-34(9-3)10-4/h12-14,18,22-23H,6-11,15-17H2,1-5H3,(H,30,36)(H,31,35)(H,33,37)/t18-,22-,23+/m0/s1. The van der Waals surface area contributed by atoms with Gasteiger partial charge >= 0.3 is 0 Å². The summed E-state index contributed by atoms with van der Waals surface area (Å²) in [5.74, 6) is -0.599. The van der Waals surface area contributed by atoms with Gasteiger partial charge in [-0.1, -0.05) is 59.2 Å². The molecule has 3 N–H and O–H groups in total. The van der Waals surface area contributed by atoms with Crippen molar-refractivity contribution in [3.05, 3.63) is 40.4 Å². The maximum Gasteiger partial charge on any atom is 0.247 e. The maximum atomic E-state index is 13.5. The molecule has 0 spiro atoms. The van der Waals surface area contributed by atoms with Crippen molar-refractivity contribution in [3.8, 4) is 0 Å². The Bertz CT molecular complexity index is 1100. The van der Waals surface area contributed by atoms with Crippen LogP contribution in [0.1, 0.15) is 58.9 Å². The molecule has 38 heavy (non-hydrogen) atoms. The molecule has 0 fully saturated rings. The number of hydrogen-bond acceptors (Lipinski definition) is 6. The molecule has 2 aromatic rings. The van der Waals surface area contributed by atoms with Gasteiger partial charge in [0.15, 0.2) is 0 Å². The summed E-state index contributed by atoms with van der Waals surface area (Å²) in [4.78, 5) is 45.4. The Morgan fingerprint density at radius 1 is 1.13 bits per heavy atom. The maximum absolute atomic E-state index is 13.5. The topological polar surface area (TPSA) is 103 Å². The number of aromatic nitrogens is 1. The number of carbonyl (C=O) groups excluding carboxylic acids is 3. The van der Waals surface area contributed by atoms with E-state index in [1.807, 2.05) is 46.8 Å². The van der Waals surface area contributed by atoms with Crippen LogP contribution in [0.3, 0.4) is 0 Å². The summed E-state index contributed by atoms with van der Waals surface area (Å²) in [5, 5.41) is 10.3.